The highest BCUT2D eigenvalue weighted by Gasteiger charge is 2.25. The van der Waals surface area contributed by atoms with Crippen LogP contribution in [0.1, 0.15) is 29.9 Å². The van der Waals surface area contributed by atoms with Gasteiger partial charge in [-0.3, -0.25) is 0 Å². The molecule has 2 rings (SSSR count). The molecule has 1 aromatic rings. The van der Waals surface area contributed by atoms with Crippen molar-refractivity contribution in [3.63, 3.8) is 0 Å². The zero-order valence-electron chi connectivity index (χ0n) is 8.65. The van der Waals surface area contributed by atoms with E-state index in [0.717, 1.165) is 19.3 Å². The van der Waals surface area contributed by atoms with Crippen LogP contribution in [-0.4, -0.2) is 6.04 Å². The lowest BCUT2D eigenvalue weighted by molar-refractivity contribution is 0.477. The molecule has 80 valence electrons. The maximum absolute atomic E-state index is 6.08. The van der Waals surface area contributed by atoms with Gasteiger partial charge >= 0.3 is 0 Å². The third-order valence-corrected chi connectivity index (χ3v) is 3.06. The summed E-state index contributed by atoms with van der Waals surface area (Å²) >= 11 is 0. The summed E-state index contributed by atoms with van der Waals surface area (Å²) in [5.74, 6) is 3.09. The maximum atomic E-state index is 6.08. The second-order valence-electron chi connectivity index (χ2n) is 3.92. The Morgan fingerprint density at radius 1 is 1.40 bits per heavy atom. The normalized spacial score (nSPS) is 23.5. The van der Waals surface area contributed by atoms with Gasteiger partial charge in [-0.15, -0.1) is 24.8 Å². The molecule has 1 nitrogen and oxygen atoms in total. The zero-order valence-corrected chi connectivity index (χ0v) is 9.46. The number of nitrogens with two attached hydrogens (primary N) is 1. The molecule has 0 bridgehead atoms. The first-order valence-electron chi connectivity index (χ1n) is 5.09. The molecule has 0 radical (unpaired) electrons. The van der Waals surface area contributed by atoms with Gasteiger partial charge in [0.05, 0.1) is 0 Å². The number of terminal acetylenes is 1. The monoisotopic (exact) mass is 221 g/mol. The molecule has 0 saturated carbocycles. The second-order valence-corrected chi connectivity index (χ2v) is 3.92. The van der Waals surface area contributed by atoms with Crippen LogP contribution >= 0.6 is 12.4 Å². The summed E-state index contributed by atoms with van der Waals surface area (Å²) in [5.41, 5.74) is 8.87. The molecule has 0 amide bonds. The van der Waals surface area contributed by atoms with E-state index in [2.05, 4.69) is 30.2 Å². The molecule has 0 aliphatic heterocycles. The predicted octanol–water partition coefficient (Wildman–Crippen LogP) is 2.49. The van der Waals surface area contributed by atoms with E-state index in [1.54, 1.807) is 0 Å². The van der Waals surface area contributed by atoms with Crippen molar-refractivity contribution in [2.75, 3.05) is 0 Å². The first kappa shape index (κ1) is 12.1. The SMILES string of the molecule is C#CCC1c2ccccc2CCC1N.Cl. The number of hydrogen-bond acceptors (Lipinski definition) is 1. The van der Waals surface area contributed by atoms with Crippen molar-refractivity contribution in [2.24, 2.45) is 5.73 Å². The zero-order chi connectivity index (χ0) is 9.97. The molecule has 0 fully saturated rings. The number of fused-ring (bicyclic) bond motifs is 1. The fourth-order valence-electron chi connectivity index (χ4n) is 2.27. The number of aryl methyl sites for hydroxylation is 1. The highest BCUT2D eigenvalue weighted by molar-refractivity contribution is 5.85. The highest BCUT2D eigenvalue weighted by atomic mass is 35.5. The first-order chi connectivity index (χ1) is 6.83. The van der Waals surface area contributed by atoms with Gasteiger partial charge in [0.2, 0.25) is 0 Å². The Morgan fingerprint density at radius 3 is 2.87 bits per heavy atom. The van der Waals surface area contributed by atoms with Gasteiger partial charge in [0, 0.05) is 18.4 Å². The van der Waals surface area contributed by atoms with E-state index in [-0.39, 0.29) is 18.4 Å². The van der Waals surface area contributed by atoms with Gasteiger partial charge in [0.15, 0.2) is 0 Å². The van der Waals surface area contributed by atoms with E-state index < -0.39 is 0 Å². The lowest BCUT2D eigenvalue weighted by Gasteiger charge is -2.29. The van der Waals surface area contributed by atoms with Crippen LogP contribution in [0, 0.1) is 12.3 Å². The number of hydrogen-bond donors (Lipinski definition) is 1. The van der Waals surface area contributed by atoms with Crippen molar-refractivity contribution < 1.29 is 0 Å². The Kier molecular flexibility index (Phi) is 4.20. The van der Waals surface area contributed by atoms with Crippen molar-refractivity contribution in [3.05, 3.63) is 35.4 Å². The molecule has 0 spiro atoms. The molecule has 1 aromatic carbocycles. The third kappa shape index (κ3) is 2.34. The summed E-state index contributed by atoms with van der Waals surface area (Å²) in [5, 5.41) is 0. The Labute approximate surface area is 97.5 Å². The second kappa shape index (κ2) is 5.21. The van der Waals surface area contributed by atoms with E-state index in [9.17, 15) is 0 Å². The van der Waals surface area contributed by atoms with Crippen LogP contribution in [0.25, 0.3) is 0 Å². The maximum Gasteiger partial charge on any atom is 0.0170 e. The van der Waals surface area contributed by atoms with Crippen molar-refractivity contribution in [2.45, 2.75) is 31.2 Å². The summed E-state index contributed by atoms with van der Waals surface area (Å²) in [6.07, 6.45) is 8.29. The fourth-order valence-corrected chi connectivity index (χ4v) is 2.27. The molecule has 0 saturated heterocycles. The van der Waals surface area contributed by atoms with Gasteiger partial charge in [0.25, 0.3) is 0 Å². The average Bonchev–Trinajstić information content (AvgIpc) is 2.23. The lowest BCUT2D eigenvalue weighted by Crippen LogP contribution is -2.32. The van der Waals surface area contributed by atoms with E-state index in [4.69, 9.17) is 12.2 Å². The van der Waals surface area contributed by atoms with Crippen molar-refractivity contribution in [1.82, 2.24) is 0 Å². The Bertz CT molecular complexity index is 367. The van der Waals surface area contributed by atoms with E-state index in [1.807, 2.05) is 0 Å². The van der Waals surface area contributed by atoms with Crippen LogP contribution in [0.15, 0.2) is 24.3 Å². The van der Waals surface area contributed by atoms with Gasteiger partial charge in [0.1, 0.15) is 0 Å². The molecule has 0 aromatic heterocycles. The van der Waals surface area contributed by atoms with Crippen LogP contribution in [-0.2, 0) is 6.42 Å². The van der Waals surface area contributed by atoms with Crippen molar-refractivity contribution >= 4 is 12.4 Å². The largest absolute Gasteiger partial charge is 0.327 e. The molecule has 2 unspecified atom stereocenters. The predicted molar refractivity (Wildman–Crippen MR) is 66.2 cm³/mol. The third-order valence-electron chi connectivity index (χ3n) is 3.06. The Balaban J connectivity index is 0.00000112. The number of halogens is 1. The molecular formula is C13H16ClN. The van der Waals surface area contributed by atoms with Gasteiger partial charge in [-0.05, 0) is 24.0 Å². The van der Waals surface area contributed by atoms with Gasteiger partial charge in [-0.25, -0.2) is 0 Å². The molecule has 2 atom stereocenters. The quantitative estimate of drug-likeness (QED) is 0.725. The Hall–Kier alpha value is -0.970. The van der Waals surface area contributed by atoms with Crippen molar-refractivity contribution in [1.29, 1.82) is 0 Å². The summed E-state index contributed by atoms with van der Waals surface area (Å²) in [4.78, 5) is 0. The van der Waals surface area contributed by atoms with Crippen molar-refractivity contribution in [3.8, 4) is 12.3 Å². The standard InChI is InChI=1S/C13H15N.ClH/c1-2-5-12-11-7-4-3-6-10(11)8-9-13(12)14;/h1,3-4,6-7,12-13H,5,8-9,14H2;1H. The molecule has 15 heavy (non-hydrogen) atoms. The highest BCUT2D eigenvalue weighted by Crippen LogP contribution is 2.32. The minimum absolute atomic E-state index is 0. The topological polar surface area (TPSA) is 26.0 Å². The average molecular weight is 222 g/mol. The molecular weight excluding hydrogens is 206 g/mol. The number of rotatable bonds is 1. The van der Waals surface area contributed by atoms with E-state index in [1.165, 1.54) is 11.1 Å². The van der Waals surface area contributed by atoms with E-state index >= 15 is 0 Å². The van der Waals surface area contributed by atoms with Gasteiger partial charge in [-0.2, -0.15) is 0 Å². The van der Waals surface area contributed by atoms with Gasteiger partial charge in [-0.1, -0.05) is 24.3 Å². The minimum Gasteiger partial charge on any atom is -0.327 e. The summed E-state index contributed by atoms with van der Waals surface area (Å²) in [6.45, 7) is 0. The van der Waals surface area contributed by atoms with Gasteiger partial charge < -0.3 is 5.73 Å². The van der Waals surface area contributed by atoms with Crippen LogP contribution < -0.4 is 5.73 Å². The van der Waals surface area contributed by atoms with E-state index in [0.29, 0.717) is 5.92 Å². The van der Waals surface area contributed by atoms with Crippen LogP contribution in [0.3, 0.4) is 0 Å². The van der Waals surface area contributed by atoms with Crippen LogP contribution in [0.2, 0.25) is 0 Å². The summed E-state index contributed by atoms with van der Waals surface area (Å²) in [6, 6.07) is 8.74. The fraction of sp³-hybridized carbons (Fsp3) is 0.385. The summed E-state index contributed by atoms with van der Waals surface area (Å²) in [7, 11) is 0. The number of benzene rings is 1. The Morgan fingerprint density at radius 2 is 2.13 bits per heavy atom. The van der Waals surface area contributed by atoms with Crippen LogP contribution in [0.4, 0.5) is 0 Å². The molecule has 2 heteroatoms. The molecule has 2 N–H and O–H groups in total. The molecule has 1 aliphatic carbocycles. The summed E-state index contributed by atoms with van der Waals surface area (Å²) < 4.78 is 0. The van der Waals surface area contributed by atoms with Crippen LogP contribution in [0.5, 0.6) is 0 Å². The first-order valence-corrected chi connectivity index (χ1v) is 5.09. The molecule has 0 heterocycles. The molecule has 1 aliphatic rings. The lowest BCUT2D eigenvalue weighted by atomic mass is 9.78. The smallest absolute Gasteiger partial charge is 0.0170 e. The minimum atomic E-state index is 0.